The summed E-state index contributed by atoms with van der Waals surface area (Å²) in [5, 5.41) is 4.59. The quantitative estimate of drug-likeness (QED) is 0.779. The van der Waals surface area contributed by atoms with Crippen molar-refractivity contribution in [1.29, 1.82) is 0 Å². The molecule has 0 bridgehead atoms. The molecule has 1 aromatic heterocycles. The fraction of sp³-hybridized carbons (Fsp3) is 0.308. The molecule has 82 valence electrons. The molecule has 0 radical (unpaired) electrons. The van der Waals surface area contributed by atoms with E-state index in [2.05, 4.69) is 17.2 Å². The summed E-state index contributed by atoms with van der Waals surface area (Å²) >= 11 is 0. The number of anilines is 1. The standard InChI is InChI=1S/C13H15N3/c1-9-8-11(4-5-12(9)14)16-7-6-13(15-16)10-2-3-10/h4-8,10H,2-3,14H2,1H3. The number of aryl methyl sites for hydroxylation is 1. The molecule has 3 rings (SSSR count). The van der Waals surface area contributed by atoms with Crippen LogP contribution in [0.3, 0.4) is 0 Å². The van der Waals surface area contributed by atoms with Crippen molar-refractivity contribution in [3.63, 3.8) is 0 Å². The average Bonchev–Trinajstić information content (AvgIpc) is 3.01. The van der Waals surface area contributed by atoms with Gasteiger partial charge in [0.25, 0.3) is 0 Å². The Hall–Kier alpha value is -1.77. The van der Waals surface area contributed by atoms with E-state index in [-0.39, 0.29) is 0 Å². The van der Waals surface area contributed by atoms with Crippen LogP contribution in [0.4, 0.5) is 5.69 Å². The molecule has 1 fully saturated rings. The molecule has 1 aromatic carbocycles. The Bertz CT molecular complexity index is 524. The van der Waals surface area contributed by atoms with Crippen LogP contribution >= 0.6 is 0 Å². The molecule has 0 amide bonds. The highest BCUT2D eigenvalue weighted by Crippen LogP contribution is 2.39. The summed E-state index contributed by atoms with van der Waals surface area (Å²) in [6.45, 7) is 2.02. The van der Waals surface area contributed by atoms with E-state index < -0.39 is 0 Å². The second-order valence-corrected chi connectivity index (χ2v) is 4.50. The van der Waals surface area contributed by atoms with Gasteiger partial charge in [0.15, 0.2) is 0 Å². The lowest BCUT2D eigenvalue weighted by Gasteiger charge is -2.04. The molecular weight excluding hydrogens is 198 g/mol. The van der Waals surface area contributed by atoms with Gasteiger partial charge in [-0.2, -0.15) is 5.10 Å². The number of aromatic nitrogens is 2. The van der Waals surface area contributed by atoms with Crippen LogP contribution in [-0.4, -0.2) is 9.78 Å². The van der Waals surface area contributed by atoms with E-state index in [9.17, 15) is 0 Å². The third-order valence-corrected chi connectivity index (χ3v) is 3.12. The Labute approximate surface area is 94.9 Å². The molecule has 16 heavy (non-hydrogen) atoms. The molecule has 1 aliphatic rings. The summed E-state index contributed by atoms with van der Waals surface area (Å²) < 4.78 is 1.93. The first-order chi connectivity index (χ1) is 7.74. The lowest BCUT2D eigenvalue weighted by Crippen LogP contribution is -1.98. The molecule has 0 unspecified atom stereocenters. The molecule has 2 aromatic rings. The Balaban J connectivity index is 1.97. The molecule has 1 aliphatic carbocycles. The average molecular weight is 213 g/mol. The van der Waals surface area contributed by atoms with Crippen molar-refractivity contribution in [2.75, 3.05) is 5.73 Å². The van der Waals surface area contributed by atoms with Gasteiger partial charge in [0.05, 0.1) is 11.4 Å². The zero-order valence-corrected chi connectivity index (χ0v) is 9.35. The minimum atomic E-state index is 0.705. The van der Waals surface area contributed by atoms with Gasteiger partial charge in [-0.05, 0) is 49.6 Å². The molecule has 3 heteroatoms. The summed E-state index contributed by atoms with van der Waals surface area (Å²) in [7, 11) is 0. The predicted octanol–water partition coefficient (Wildman–Crippen LogP) is 2.64. The Morgan fingerprint density at radius 3 is 2.81 bits per heavy atom. The molecule has 0 aliphatic heterocycles. The van der Waals surface area contributed by atoms with E-state index in [1.807, 2.05) is 29.9 Å². The van der Waals surface area contributed by atoms with E-state index in [4.69, 9.17) is 5.73 Å². The summed E-state index contributed by atoms with van der Waals surface area (Å²) in [6, 6.07) is 8.12. The minimum Gasteiger partial charge on any atom is -0.399 e. The Morgan fingerprint density at radius 1 is 1.31 bits per heavy atom. The van der Waals surface area contributed by atoms with Gasteiger partial charge in [-0.3, -0.25) is 0 Å². The third kappa shape index (κ3) is 1.58. The van der Waals surface area contributed by atoms with Gasteiger partial charge in [0, 0.05) is 17.8 Å². The van der Waals surface area contributed by atoms with Gasteiger partial charge in [0.2, 0.25) is 0 Å². The Morgan fingerprint density at radius 2 is 2.12 bits per heavy atom. The summed E-state index contributed by atoms with van der Waals surface area (Å²) in [5.74, 6) is 0.705. The van der Waals surface area contributed by atoms with E-state index >= 15 is 0 Å². The monoisotopic (exact) mass is 213 g/mol. The van der Waals surface area contributed by atoms with Gasteiger partial charge < -0.3 is 5.73 Å². The highest BCUT2D eigenvalue weighted by atomic mass is 15.3. The highest BCUT2D eigenvalue weighted by molar-refractivity contribution is 5.51. The van der Waals surface area contributed by atoms with Crippen LogP contribution in [0.25, 0.3) is 5.69 Å². The fourth-order valence-electron chi connectivity index (χ4n) is 1.88. The van der Waals surface area contributed by atoms with E-state index in [1.165, 1.54) is 18.5 Å². The maximum absolute atomic E-state index is 5.80. The van der Waals surface area contributed by atoms with Crippen LogP contribution in [-0.2, 0) is 0 Å². The second kappa shape index (κ2) is 3.37. The van der Waals surface area contributed by atoms with Crippen LogP contribution in [0.1, 0.15) is 30.0 Å². The summed E-state index contributed by atoms with van der Waals surface area (Å²) in [5.41, 5.74) is 10.0. The molecule has 0 spiro atoms. The van der Waals surface area contributed by atoms with Crippen molar-refractivity contribution in [2.24, 2.45) is 0 Å². The predicted molar refractivity (Wildman–Crippen MR) is 64.7 cm³/mol. The van der Waals surface area contributed by atoms with Gasteiger partial charge in [0.1, 0.15) is 0 Å². The molecule has 1 saturated carbocycles. The molecule has 2 N–H and O–H groups in total. The van der Waals surface area contributed by atoms with Gasteiger partial charge >= 0.3 is 0 Å². The first-order valence-electron chi connectivity index (χ1n) is 5.66. The molecule has 0 saturated heterocycles. The molecule has 3 nitrogen and oxygen atoms in total. The number of nitrogen functional groups attached to an aromatic ring is 1. The van der Waals surface area contributed by atoms with Crippen molar-refractivity contribution < 1.29 is 0 Å². The number of nitrogens with two attached hydrogens (primary N) is 1. The molecule has 1 heterocycles. The minimum absolute atomic E-state index is 0.705. The third-order valence-electron chi connectivity index (χ3n) is 3.12. The van der Waals surface area contributed by atoms with E-state index in [0.717, 1.165) is 16.9 Å². The SMILES string of the molecule is Cc1cc(-n2ccc(C3CC3)n2)ccc1N. The lowest BCUT2D eigenvalue weighted by atomic mass is 10.2. The van der Waals surface area contributed by atoms with Crippen molar-refractivity contribution >= 4 is 5.69 Å². The number of hydrogen-bond acceptors (Lipinski definition) is 2. The normalized spacial score (nSPS) is 15.3. The first kappa shape index (κ1) is 9.46. The van der Waals surface area contributed by atoms with Crippen LogP contribution < -0.4 is 5.73 Å². The number of rotatable bonds is 2. The fourth-order valence-corrected chi connectivity index (χ4v) is 1.88. The highest BCUT2D eigenvalue weighted by Gasteiger charge is 2.25. The topological polar surface area (TPSA) is 43.8 Å². The van der Waals surface area contributed by atoms with E-state index in [0.29, 0.717) is 5.92 Å². The maximum Gasteiger partial charge on any atom is 0.0659 e. The maximum atomic E-state index is 5.80. The zero-order chi connectivity index (χ0) is 11.1. The summed E-state index contributed by atoms with van der Waals surface area (Å²) in [4.78, 5) is 0. The zero-order valence-electron chi connectivity index (χ0n) is 9.35. The summed E-state index contributed by atoms with van der Waals surface area (Å²) in [6.07, 6.45) is 4.61. The largest absolute Gasteiger partial charge is 0.399 e. The van der Waals surface area contributed by atoms with E-state index in [1.54, 1.807) is 0 Å². The van der Waals surface area contributed by atoms with Crippen molar-refractivity contribution in [3.8, 4) is 5.69 Å². The van der Waals surface area contributed by atoms with Crippen molar-refractivity contribution in [2.45, 2.75) is 25.7 Å². The van der Waals surface area contributed by atoms with Crippen LogP contribution in [0.15, 0.2) is 30.5 Å². The van der Waals surface area contributed by atoms with Gasteiger partial charge in [-0.15, -0.1) is 0 Å². The lowest BCUT2D eigenvalue weighted by molar-refractivity contribution is 0.837. The van der Waals surface area contributed by atoms with Gasteiger partial charge in [-0.1, -0.05) is 0 Å². The Kier molecular flexibility index (Phi) is 1.99. The van der Waals surface area contributed by atoms with Crippen LogP contribution in [0.2, 0.25) is 0 Å². The smallest absolute Gasteiger partial charge is 0.0659 e. The van der Waals surface area contributed by atoms with Crippen LogP contribution in [0, 0.1) is 6.92 Å². The molecular formula is C13H15N3. The van der Waals surface area contributed by atoms with Gasteiger partial charge in [-0.25, -0.2) is 4.68 Å². The second-order valence-electron chi connectivity index (χ2n) is 4.50. The molecule has 0 atom stereocenters. The number of benzene rings is 1. The van der Waals surface area contributed by atoms with Crippen LogP contribution in [0.5, 0.6) is 0 Å². The number of nitrogens with zero attached hydrogens (tertiary/aromatic N) is 2. The van der Waals surface area contributed by atoms with Crippen molar-refractivity contribution in [3.05, 3.63) is 41.7 Å². The first-order valence-corrected chi connectivity index (χ1v) is 5.66. The van der Waals surface area contributed by atoms with Crippen molar-refractivity contribution in [1.82, 2.24) is 9.78 Å². The number of hydrogen-bond donors (Lipinski definition) is 1.